The van der Waals surface area contributed by atoms with Gasteiger partial charge >= 0.3 is 0 Å². The van der Waals surface area contributed by atoms with Crippen molar-refractivity contribution in [3.05, 3.63) is 29.8 Å². The summed E-state index contributed by atoms with van der Waals surface area (Å²) in [7, 11) is 0. The Morgan fingerprint density at radius 2 is 2.00 bits per heavy atom. The van der Waals surface area contributed by atoms with Crippen molar-refractivity contribution < 1.29 is 4.79 Å². The first-order chi connectivity index (χ1) is 9.13. The second-order valence-electron chi connectivity index (χ2n) is 5.48. The first kappa shape index (κ1) is 14.1. The molecule has 0 spiro atoms. The molecule has 1 fully saturated rings. The quantitative estimate of drug-likeness (QED) is 0.823. The third-order valence-corrected chi connectivity index (χ3v) is 3.94. The van der Waals surface area contributed by atoms with Gasteiger partial charge in [-0.3, -0.25) is 4.79 Å². The van der Waals surface area contributed by atoms with Crippen LogP contribution in [0.15, 0.2) is 24.3 Å². The number of hydrogen-bond acceptors (Lipinski definition) is 2. The highest BCUT2D eigenvalue weighted by Gasteiger charge is 2.32. The van der Waals surface area contributed by atoms with Gasteiger partial charge in [0.05, 0.1) is 0 Å². The lowest BCUT2D eigenvalue weighted by Crippen LogP contribution is -2.24. The summed E-state index contributed by atoms with van der Waals surface area (Å²) < 4.78 is 0. The van der Waals surface area contributed by atoms with Crippen LogP contribution in [0.3, 0.4) is 0 Å². The molecule has 19 heavy (non-hydrogen) atoms. The molecule has 2 rings (SSSR count). The van der Waals surface area contributed by atoms with Crippen LogP contribution in [0.5, 0.6) is 0 Å². The van der Waals surface area contributed by atoms with Gasteiger partial charge < -0.3 is 10.6 Å². The summed E-state index contributed by atoms with van der Waals surface area (Å²) in [5, 5.41) is 6.48. The van der Waals surface area contributed by atoms with Crippen molar-refractivity contribution in [1.82, 2.24) is 5.32 Å². The molecule has 2 N–H and O–H groups in total. The van der Waals surface area contributed by atoms with Crippen molar-refractivity contribution in [2.75, 3.05) is 11.9 Å². The fourth-order valence-electron chi connectivity index (χ4n) is 2.46. The molecule has 104 valence electrons. The molecule has 1 saturated carbocycles. The molecular formula is C16H24N2O. The largest absolute Gasteiger partial charge is 0.326 e. The van der Waals surface area contributed by atoms with Gasteiger partial charge in [-0.15, -0.1) is 0 Å². The van der Waals surface area contributed by atoms with Crippen LogP contribution in [0.2, 0.25) is 0 Å². The highest BCUT2D eigenvalue weighted by atomic mass is 16.1. The average Bonchev–Trinajstić information content (AvgIpc) is 3.23. The molecule has 0 radical (unpaired) electrons. The minimum atomic E-state index is 0.127. The Morgan fingerprint density at radius 3 is 2.63 bits per heavy atom. The van der Waals surface area contributed by atoms with Gasteiger partial charge in [0.25, 0.3) is 0 Å². The number of benzene rings is 1. The van der Waals surface area contributed by atoms with E-state index in [0.29, 0.717) is 5.92 Å². The first-order valence-corrected chi connectivity index (χ1v) is 7.26. The van der Waals surface area contributed by atoms with Gasteiger partial charge in [-0.25, -0.2) is 0 Å². The van der Waals surface area contributed by atoms with Crippen LogP contribution in [0.4, 0.5) is 5.69 Å². The van der Waals surface area contributed by atoms with Crippen molar-refractivity contribution >= 4 is 11.6 Å². The smallest absolute Gasteiger partial charge is 0.227 e. The van der Waals surface area contributed by atoms with E-state index in [1.54, 1.807) is 0 Å². The standard InChI is InChI=1S/C16H24N2O/c1-4-17-12(3)14-7-5-6-8-15(14)18-16(19)11(2)13-9-10-13/h5-8,11-13,17H,4,9-10H2,1-3H3,(H,18,19). The van der Waals surface area contributed by atoms with Crippen LogP contribution < -0.4 is 10.6 Å². The SMILES string of the molecule is CCNC(C)c1ccccc1NC(=O)C(C)C1CC1. The third-order valence-electron chi connectivity index (χ3n) is 3.94. The maximum absolute atomic E-state index is 12.2. The predicted octanol–water partition coefficient (Wildman–Crippen LogP) is 3.34. The number of para-hydroxylation sites is 1. The average molecular weight is 260 g/mol. The van der Waals surface area contributed by atoms with Gasteiger partial charge in [0.15, 0.2) is 0 Å². The second kappa shape index (κ2) is 6.20. The Bertz CT molecular complexity index is 440. The molecule has 0 bridgehead atoms. The number of carbonyl (C=O) groups is 1. The predicted molar refractivity (Wildman–Crippen MR) is 79.1 cm³/mol. The monoisotopic (exact) mass is 260 g/mol. The summed E-state index contributed by atoms with van der Waals surface area (Å²) in [6, 6.07) is 8.30. The van der Waals surface area contributed by atoms with Gasteiger partial charge in [0.2, 0.25) is 5.91 Å². The van der Waals surface area contributed by atoms with E-state index in [4.69, 9.17) is 0 Å². The van der Waals surface area contributed by atoms with Crippen LogP contribution in [-0.4, -0.2) is 12.5 Å². The van der Waals surface area contributed by atoms with E-state index in [0.717, 1.165) is 17.8 Å². The molecule has 0 aromatic heterocycles. The van der Waals surface area contributed by atoms with E-state index < -0.39 is 0 Å². The summed E-state index contributed by atoms with van der Waals surface area (Å²) in [6.07, 6.45) is 2.40. The summed E-state index contributed by atoms with van der Waals surface area (Å²) in [5.41, 5.74) is 2.09. The van der Waals surface area contributed by atoms with Crippen LogP contribution in [0.1, 0.15) is 45.2 Å². The number of rotatable bonds is 6. The van der Waals surface area contributed by atoms with Gasteiger partial charge in [-0.1, -0.05) is 32.0 Å². The molecule has 1 aliphatic rings. The Labute approximate surface area is 115 Å². The van der Waals surface area contributed by atoms with Gasteiger partial charge in [0.1, 0.15) is 0 Å². The number of amides is 1. The van der Waals surface area contributed by atoms with E-state index in [9.17, 15) is 4.79 Å². The van der Waals surface area contributed by atoms with Crippen LogP contribution in [0.25, 0.3) is 0 Å². The van der Waals surface area contributed by atoms with Crippen molar-refractivity contribution in [2.24, 2.45) is 11.8 Å². The zero-order valence-electron chi connectivity index (χ0n) is 12.1. The van der Waals surface area contributed by atoms with E-state index in [1.165, 1.54) is 12.8 Å². The van der Waals surface area contributed by atoms with E-state index in [1.807, 2.05) is 25.1 Å². The lowest BCUT2D eigenvalue weighted by molar-refractivity contribution is -0.119. The fourth-order valence-corrected chi connectivity index (χ4v) is 2.46. The minimum absolute atomic E-state index is 0.127. The second-order valence-corrected chi connectivity index (χ2v) is 5.48. The molecule has 3 nitrogen and oxygen atoms in total. The normalized spacial score (nSPS) is 17.8. The van der Waals surface area contributed by atoms with Gasteiger partial charge in [-0.05, 0) is 43.9 Å². The summed E-state index contributed by atoms with van der Waals surface area (Å²) in [6.45, 7) is 7.16. The van der Waals surface area contributed by atoms with Gasteiger partial charge in [-0.2, -0.15) is 0 Å². The molecule has 3 heteroatoms. The minimum Gasteiger partial charge on any atom is -0.326 e. The molecule has 2 unspecified atom stereocenters. The maximum Gasteiger partial charge on any atom is 0.227 e. The summed E-state index contributed by atoms with van der Waals surface area (Å²) >= 11 is 0. The third kappa shape index (κ3) is 3.57. The van der Waals surface area contributed by atoms with Crippen LogP contribution >= 0.6 is 0 Å². The van der Waals surface area contributed by atoms with E-state index in [2.05, 4.69) is 30.5 Å². The van der Waals surface area contributed by atoms with E-state index in [-0.39, 0.29) is 17.9 Å². The zero-order valence-corrected chi connectivity index (χ0v) is 12.1. The lowest BCUT2D eigenvalue weighted by Gasteiger charge is -2.19. The van der Waals surface area contributed by atoms with Crippen molar-refractivity contribution in [1.29, 1.82) is 0 Å². The molecule has 0 heterocycles. The van der Waals surface area contributed by atoms with Crippen molar-refractivity contribution in [2.45, 2.75) is 39.7 Å². The number of nitrogens with one attached hydrogen (secondary N) is 2. The fraction of sp³-hybridized carbons (Fsp3) is 0.562. The zero-order chi connectivity index (χ0) is 13.8. The Hall–Kier alpha value is -1.35. The molecule has 2 atom stereocenters. The Kier molecular flexibility index (Phi) is 4.59. The van der Waals surface area contributed by atoms with E-state index >= 15 is 0 Å². The molecule has 1 aliphatic carbocycles. The topological polar surface area (TPSA) is 41.1 Å². The summed E-state index contributed by atoms with van der Waals surface area (Å²) in [5.74, 6) is 0.875. The number of anilines is 1. The molecule has 1 amide bonds. The Morgan fingerprint density at radius 1 is 1.32 bits per heavy atom. The van der Waals surface area contributed by atoms with Gasteiger partial charge in [0, 0.05) is 17.6 Å². The maximum atomic E-state index is 12.2. The van der Waals surface area contributed by atoms with Crippen LogP contribution in [-0.2, 0) is 4.79 Å². The highest BCUT2D eigenvalue weighted by molar-refractivity contribution is 5.93. The molecule has 0 aliphatic heterocycles. The first-order valence-electron chi connectivity index (χ1n) is 7.26. The molecular weight excluding hydrogens is 236 g/mol. The molecule has 1 aromatic carbocycles. The highest BCUT2D eigenvalue weighted by Crippen LogP contribution is 2.37. The number of hydrogen-bond donors (Lipinski definition) is 2. The van der Waals surface area contributed by atoms with Crippen LogP contribution in [0, 0.1) is 11.8 Å². The Balaban J connectivity index is 2.08. The molecule has 0 saturated heterocycles. The van der Waals surface area contributed by atoms with Crippen molar-refractivity contribution in [3.63, 3.8) is 0 Å². The number of carbonyl (C=O) groups excluding carboxylic acids is 1. The van der Waals surface area contributed by atoms with Crippen molar-refractivity contribution in [3.8, 4) is 0 Å². The summed E-state index contributed by atoms with van der Waals surface area (Å²) in [4.78, 5) is 12.2. The lowest BCUT2D eigenvalue weighted by atomic mass is 10.0. The molecule has 1 aromatic rings.